The van der Waals surface area contributed by atoms with Gasteiger partial charge in [-0.2, -0.15) is 0 Å². The van der Waals surface area contributed by atoms with Crippen molar-refractivity contribution in [3.05, 3.63) is 0 Å². The Labute approximate surface area is 112 Å². The van der Waals surface area contributed by atoms with Crippen molar-refractivity contribution in [2.75, 3.05) is 31.9 Å². The van der Waals surface area contributed by atoms with Gasteiger partial charge in [0, 0.05) is 31.7 Å². The van der Waals surface area contributed by atoms with Crippen LogP contribution in [0.2, 0.25) is 0 Å². The lowest BCUT2D eigenvalue weighted by Crippen LogP contribution is -2.61. The quantitative estimate of drug-likeness (QED) is 0.794. The molecule has 1 heterocycles. The highest BCUT2D eigenvalue weighted by molar-refractivity contribution is 7.92. The Morgan fingerprint density at radius 3 is 2.39 bits per heavy atom. The van der Waals surface area contributed by atoms with Gasteiger partial charge in [0.05, 0.1) is 11.0 Å². The van der Waals surface area contributed by atoms with Gasteiger partial charge in [-0.25, -0.2) is 8.42 Å². The number of piperazine rings is 1. The molecule has 1 N–H and O–H groups in total. The van der Waals surface area contributed by atoms with Crippen molar-refractivity contribution in [2.45, 2.75) is 51.3 Å². The minimum Gasteiger partial charge on any atom is -0.314 e. The number of sulfone groups is 1. The van der Waals surface area contributed by atoms with E-state index in [1.54, 1.807) is 13.8 Å². The molecule has 1 aliphatic heterocycles. The zero-order valence-electron chi connectivity index (χ0n) is 12.2. The van der Waals surface area contributed by atoms with E-state index < -0.39 is 9.84 Å². The van der Waals surface area contributed by atoms with E-state index in [2.05, 4.69) is 24.1 Å². The summed E-state index contributed by atoms with van der Waals surface area (Å²) in [5, 5.41) is 3.17. The minimum absolute atomic E-state index is 0.144. The molecule has 0 spiro atoms. The Morgan fingerprint density at radius 2 is 1.89 bits per heavy atom. The van der Waals surface area contributed by atoms with E-state index in [1.165, 1.54) is 0 Å². The summed E-state index contributed by atoms with van der Waals surface area (Å²) in [6, 6.07) is 0. The highest BCUT2D eigenvalue weighted by atomic mass is 32.2. The van der Waals surface area contributed by atoms with Crippen LogP contribution < -0.4 is 5.32 Å². The first-order valence-electron chi connectivity index (χ1n) is 7.05. The maximum absolute atomic E-state index is 11.9. The molecule has 5 heteroatoms. The van der Waals surface area contributed by atoms with E-state index in [4.69, 9.17) is 0 Å². The Balaban J connectivity index is 2.69. The second-order valence-electron chi connectivity index (χ2n) is 5.51. The third-order valence-electron chi connectivity index (χ3n) is 4.36. The second kappa shape index (κ2) is 6.35. The lowest BCUT2D eigenvalue weighted by molar-refractivity contribution is 0.0583. The van der Waals surface area contributed by atoms with Crippen LogP contribution in [-0.2, 0) is 9.84 Å². The predicted molar refractivity (Wildman–Crippen MR) is 76.7 cm³/mol. The van der Waals surface area contributed by atoms with Crippen molar-refractivity contribution in [1.29, 1.82) is 0 Å². The first-order valence-corrected chi connectivity index (χ1v) is 8.77. The summed E-state index contributed by atoms with van der Waals surface area (Å²) in [6.45, 7) is 11.5. The molecule has 1 fully saturated rings. The SMILES string of the molecule is CCC1(CC)CNCCN1CCS(=O)(=O)C(C)C. The molecule has 18 heavy (non-hydrogen) atoms. The molecule has 0 unspecified atom stereocenters. The zero-order chi connectivity index (χ0) is 13.8. The standard InChI is InChI=1S/C13H28N2O2S/c1-5-13(6-2)11-14-7-8-15(13)9-10-18(16,17)12(3)4/h12,14H,5-11H2,1-4H3. The maximum atomic E-state index is 11.9. The van der Waals surface area contributed by atoms with Gasteiger partial charge in [0.15, 0.2) is 9.84 Å². The van der Waals surface area contributed by atoms with Crippen molar-refractivity contribution in [2.24, 2.45) is 0 Å². The molecule has 1 aliphatic rings. The third kappa shape index (κ3) is 3.45. The van der Waals surface area contributed by atoms with Gasteiger partial charge in [-0.3, -0.25) is 4.90 Å². The van der Waals surface area contributed by atoms with Crippen molar-refractivity contribution >= 4 is 9.84 Å². The van der Waals surface area contributed by atoms with Crippen LogP contribution in [0.15, 0.2) is 0 Å². The van der Waals surface area contributed by atoms with E-state index in [0.29, 0.717) is 6.54 Å². The first-order chi connectivity index (χ1) is 8.38. The number of nitrogens with one attached hydrogen (secondary N) is 1. The fourth-order valence-corrected chi connectivity index (χ4v) is 3.60. The highest BCUT2D eigenvalue weighted by Crippen LogP contribution is 2.25. The normalized spacial score (nSPS) is 21.4. The fraction of sp³-hybridized carbons (Fsp3) is 1.00. The topological polar surface area (TPSA) is 49.4 Å². The molecular weight excluding hydrogens is 248 g/mol. The summed E-state index contributed by atoms with van der Waals surface area (Å²) in [4.78, 5) is 2.38. The molecule has 0 bridgehead atoms. The molecule has 0 aromatic carbocycles. The van der Waals surface area contributed by atoms with Crippen molar-refractivity contribution < 1.29 is 8.42 Å². The average Bonchev–Trinajstić information content (AvgIpc) is 2.36. The van der Waals surface area contributed by atoms with Gasteiger partial charge in [-0.15, -0.1) is 0 Å². The van der Waals surface area contributed by atoms with Gasteiger partial charge < -0.3 is 5.32 Å². The predicted octanol–water partition coefficient (Wildman–Crippen LogP) is 1.27. The van der Waals surface area contributed by atoms with E-state index in [0.717, 1.165) is 32.5 Å². The van der Waals surface area contributed by atoms with E-state index in [1.807, 2.05) is 0 Å². The Hall–Kier alpha value is -0.130. The minimum atomic E-state index is -2.93. The molecule has 1 rings (SSSR count). The van der Waals surface area contributed by atoms with Gasteiger partial charge in [0.2, 0.25) is 0 Å². The molecule has 4 nitrogen and oxygen atoms in total. The largest absolute Gasteiger partial charge is 0.314 e. The molecule has 0 atom stereocenters. The first kappa shape index (κ1) is 15.9. The van der Waals surface area contributed by atoms with Crippen molar-refractivity contribution in [3.63, 3.8) is 0 Å². The number of hydrogen-bond acceptors (Lipinski definition) is 4. The molecule has 1 saturated heterocycles. The van der Waals surface area contributed by atoms with Crippen LogP contribution in [0.4, 0.5) is 0 Å². The lowest BCUT2D eigenvalue weighted by atomic mass is 9.89. The molecule has 0 saturated carbocycles. The molecule has 0 aliphatic carbocycles. The lowest BCUT2D eigenvalue weighted by Gasteiger charge is -2.47. The van der Waals surface area contributed by atoms with Crippen LogP contribution in [0.25, 0.3) is 0 Å². The summed E-state index contributed by atoms with van der Waals surface area (Å²) in [5.41, 5.74) is 0.144. The Kier molecular flexibility index (Phi) is 5.62. The average molecular weight is 276 g/mol. The smallest absolute Gasteiger partial charge is 0.153 e. The Bertz CT molecular complexity index is 348. The van der Waals surface area contributed by atoms with E-state index in [-0.39, 0.29) is 16.5 Å². The highest BCUT2D eigenvalue weighted by Gasteiger charge is 2.36. The fourth-order valence-electron chi connectivity index (χ4n) is 2.65. The summed E-state index contributed by atoms with van der Waals surface area (Å²) in [6.07, 6.45) is 2.14. The summed E-state index contributed by atoms with van der Waals surface area (Å²) < 4.78 is 23.8. The van der Waals surface area contributed by atoms with Crippen LogP contribution in [0, 0.1) is 0 Å². The van der Waals surface area contributed by atoms with Crippen LogP contribution in [-0.4, -0.2) is 56.0 Å². The van der Waals surface area contributed by atoms with Gasteiger partial charge in [0.1, 0.15) is 0 Å². The zero-order valence-corrected chi connectivity index (χ0v) is 13.0. The number of nitrogens with zero attached hydrogens (tertiary/aromatic N) is 1. The second-order valence-corrected chi connectivity index (χ2v) is 8.19. The van der Waals surface area contributed by atoms with E-state index >= 15 is 0 Å². The molecule has 108 valence electrons. The van der Waals surface area contributed by atoms with Gasteiger partial charge in [0.25, 0.3) is 0 Å². The number of rotatable bonds is 6. The van der Waals surface area contributed by atoms with Gasteiger partial charge in [-0.1, -0.05) is 13.8 Å². The summed E-state index contributed by atoms with van der Waals surface area (Å²) >= 11 is 0. The molecule has 0 radical (unpaired) electrons. The van der Waals surface area contributed by atoms with Crippen molar-refractivity contribution in [1.82, 2.24) is 10.2 Å². The van der Waals surface area contributed by atoms with Crippen LogP contribution in [0.1, 0.15) is 40.5 Å². The summed E-state index contributed by atoms with van der Waals surface area (Å²) in [5.74, 6) is 0.284. The Morgan fingerprint density at radius 1 is 1.28 bits per heavy atom. The maximum Gasteiger partial charge on any atom is 0.153 e. The monoisotopic (exact) mass is 276 g/mol. The third-order valence-corrected chi connectivity index (χ3v) is 6.55. The summed E-state index contributed by atoms with van der Waals surface area (Å²) in [7, 11) is -2.93. The van der Waals surface area contributed by atoms with Gasteiger partial charge >= 0.3 is 0 Å². The van der Waals surface area contributed by atoms with Gasteiger partial charge in [-0.05, 0) is 26.7 Å². The van der Waals surface area contributed by atoms with Crippen molar-refractivity contribution in [3.8, 4) is 0 Å². The molecule has 0 amide bonds. The van der Waals surface area contributed by atoms with Crippen LogP contribution in [0.5, 0.6) is 0 Å². The number of hydrogen-bond donors (Lipinski definition) is 1. The molecular formula is C13H28N2O2S. The van der Waals surface area contributed by atoms with Crippen LogP contribution in [0.3, 0.4) is 0 Å². The van der Waals surface area contributed by atoms with Crippen LogP contribution >= 0.6 is 0 Å². The molecule has 0 aromatic rings. The van der Waals surface area contributed by atoms with E-state index in [9.17, 15) is 8.42 Å². The molecule has 0 aromatic heterocycles.